The van der Waals surface area contributed by atoms with E-state index in [1.165, 1.54) is 84.7 Å². The predicted molar refractivity (Wildman–Crippen MR) is 301 cm³/mol. The van der Waals surface area contributed by atoms with Crippen LogP contribution in [0.3, 0.4) is 0 Å². The van der Waals surface area contributed by atoms with Crippen molar-refractivity contribution < 1.29 is 0 Å². The Hall–Kier alpha value is -6.90. The van der Waals surface area contributed by atoms with Crippen LogP contribution in [-0.2, 0) is 0 Å². The fourth-order valence-electron chi connectivity index (χ4n) is 13.8. The summed E-state index contributed by atoms with van der Waals surface area (Å²) in [5.74, 6) is 4.58. The first-order valence-electron chi connectivity index (χ1n) is 26.8. The van der Waals surface area contributed by atoms with Crippen LogP contribution in [0.25, 0.3) is 33.4 Å². The van der Waals surface area contributed by atoms with E-state index in [1.54, 1.807) is 11.1 Å². The zero-order valence-electron chi connectivity index (χ0n) is 41.9. The summed E-state index contributed by atoms with van der Waals surface area (Å²) in [6, 6.07) is 81.3. The number of rotatable bonds is 12. The Morgan fingerprint density at radius 2 is 0.831 bits per heavy atom. The van der Waals surface area contributed by atoms with Crippen LogP contribution in [0.2, 0.25) is 0 Å². The van der Waals surface area contributed by atoms with Gasteiger partial charge in [-0.25, -0.2) is 0 Å². The maximum absolute atomic E-state index is 2.63. The Kier molecular flexibility index (Phi) is 12.3. The molecule has 0 aromatic heterocycles. The molecule has 6 atom stereocenters. The van der Waals surface area contributed by atoms with Crippen LogP contribution in [0.5, 0.6) is 0 Å². The summed E-state index contributed by atoms with van der Waals surface area (Å²) in [6.45, 7) is 7.83. The third-order valence-electron chi connectivity index (χ3n) is 17.6. The van der Waals surface area contributed by atoms with Crippen molar-refractivity contribution in [2.45, 2.75) is 72.1 Å². The first-order valence-corrected chi connectivity index (χ1v) is 26.8. The van der Waals surface area contributed by atoms with Crippen LogP contribution < -0.4 is 9.80 Å². The highest BCUT2D eigenvalue weighted by molar-refractivity contribution is 6.01. The second-order valence-electron chi connectivity index (χ2n) is 22.1. The van der Waals surface area contributed by atoms with Gasteiger partial charge in [-0.15, -0.1) is 0 Å². The number of allylic oxidation sites excluding steroid dienone is 2. The summed E-state index contributed by atoms with van der Waals surface area (Å²) >= 11 is 0. The summed E-state index contributed by atoms with van der Waals surface area (Å²) in [5.41, 5.74) is 18.8. The molecule has 0 heterocycles. The molecule has 0 aliphatic heterocycles. The molecule has 5 aliphatic carbocycles. The predicted octanol–water partition coefficient (Wildman–Crippen LogP) is 19.4. The number of fused-ring (bicyclic) bond motifs is 4. The van der Waals surface area contributed by atoms with Crippen LogP contribution in [0.15, 0.2) is 218 Å². The number of para-hydroxylation sites is 4. The molecule has 2 bridgehead atoms. The van der Waals surface area contributed by atoms with Crippen molar-refractivity contribution in [3.63, 3.8) is 0 Å². The standard InChI is InChI=1S/C69H68N2/c1-48-21-20-42-69(3)47-65(69)66(48)68(64-33-19-17-31-62(64)52-36-40-60(41-37-52)71(57-26-12-6-13-27-57)58-28-14-7-15-29-58)67(54-43-49(2)53-44-50(45-53)46-54)63-32-18-16-30-61(63)51-34-38-59(39-35-51)70(55-22-8-4-9-23-55)56-24-10-5-11-25-56/h4-19,22-41,48-50,53-54,65-66H,20-21,42-47H2,1-3H3. The molecule has 0 radical (unpaired) electrons. The third-order valence-corrected chi connectivity index (χ3v) is 17.6. The molecule has 8 aromatic carbocycles. The van der Waals surface area contributed by atoms with Crippen molar-refractivity contribution in [2.75, 3.05) is 9.80 Å². The average molecular weight is 925 g/mol. The Morgan fingerprint density at radius 1 is 0.423 bits per heavy atom. The van der Waals surface area contributed by atoms with Gasteiger partial charge in [-0.05, 0) is 203 Å². The van der Waals surface area contributed by atoms with Gasteiger partial charge in [-0.3, -0.25) is 0 Å². The maximum Gasteiger partial charge on any atom is 0.0462 e. The highest BCUT2D eigenvalue weighted by Gasteiger charge is 2.57. The molecule has 0 saturated heterocycles. The molecule has 0 N–H and O–H groups in total. The minimum absolute atomic E-state index is 0.401. The Morgan fingerprint density at radius 3 is 1.30 bits per heavy atom. The van der Waals surface area contributed by atoms with Crippen LogP contribution in [0.1, 0.15) is 83.3 Å². The molecule has 0 spiro atoms. The topological polar surface area (TPSA) is 6.48 Å². The number of hydrogen-bond acceptors (Lipinski definition) is 2. The molecule has 5 fully saturated rings. The first kappa shape index (κ1) is 45.3. The van der Waals surface area contributed by atoms with E-state index in [0.29, 0.717) is 35.0 Å². The van der Waals surface area contributed by atoms with E-state index in [2.05, 4.69) is 249 Å². The number of nitrogens with zero attached hydrogens (tertiary/aromatic N) is 2. The fraction of sp³-hybridized carbons (Fsp3) is 0.275. The lowest BCUT2D eigenvalue weighted by atomic mass is 9.68. The van der Waals surface area contributed by atoms with Gasteiger partial charge in [0.15, 0.2) is 0 Å². The van der Waals surface area contributed by atoms with E-state index in [4.69, 9.17) is 0 Å². The van der Waals surface area contributed by atoms with E-state index in [0.717, 1.165) is 46.0 Å². The van der Waals surface area contributed by atoms with E-state index < -0.39 is 0 Å². The molecule has 5 aliphatic rings. The largest absolute Gasteiger partial charge is 0.311 e. The second kappa shape index (κ2) is 19.4. The Labute approximate surface area is 423 Å². The van der Waals surface area contributed by atoms with Gasteiger partial charge < -0.3 is 9.80 Å². The van der Waals surface area contributed by atoms with E-state index in [1.807, 2.05) is 0 Å². The van der Waals surface area contributed by atoms with Gasteiger partial charge in [0.25, 0.3) is 0 Å². The van der Waals surface area contributed by atoms with Gasteiger partial charge in [0, 0.05) is 34.1 Å². The number of hydrogen-bond donors (Lipinski definition) is 0. The lowest BCUT2D eigenvalue weighted by Crippen LogP contribution is -2.25. The highest BCUT2D eigenvalue weighted by atomic mass is 15.1. The zero-order valence-corrected chi connectivity index (χ0v) is 41.9. The normalized spacial score (nSPS) is 24.8. The molecular weight excluding hydrogens is 857 g/mol. The molecule has 2 heteroatoms. The van der Waals surface area contributed by atoms with Crippen molar-refractivity contribution >= 4 is 45.3 Å². The SMILES string of the molecule is CC1CC(C(=C(c2ccccc2-c2ccc(N(c3ccccc3)c3ccccc3)cc2)C2C(C)CCCC3(C)CC23)c2ccccc2-c2ccc(N(c3ccccc3)c3ccccc3)cc2)CC2CC1C2. The molecule has 71 heavy (non-hydrogen) atoms. The van der Waals surface area contributed by atoms with Crippen molar-refractivity contribution in [3.8, 4) is 22.3 Å². The van der Waals surface area contributed by atoms with Gasteiger partial charge in [-0.2, -0.15) is 0 Å². The molecule has 8 aromatic rings. The van der Waals surface area contributed by atoms with E-state index >= 15 is 0 Å². The van der Waals surface area contributed by atoms with E-state index in [9.17, 15) is 0 Å². The molecule has 2 nitrogen and oxygen atoms in total. The fourth-order valence-corrected chi connectivity index (χ4v) is 13.8. The number of anilines is 6. The van der Waals surface area contributed by atoms with Crippen molar-refractivity contribution in [1.82, 2.24) is 0 Å². The van der Waals surface area contributed by atoms with Gasteiger partial charge >= 0.3 is 0 Å². The molecule has 6 unspecified atom stereocenters. The third kappa shape index (κ3) is 8.86. The summed E-state index contributed by atoms with van der Waals surface area (Å²) in [4.78, 5) is 4.76. The van der Waals surface area contributed by atoms with Crippen molar-refractivity contribution in [1.29, 1.82) is 0 Å². The van der Waals surface area contributed by atoms with Gasteiger partial charge in [0.2, 0.25) is 0 Å². The molecule has 0 amide bonds. The molecule has 354 valence electrons. The summed E-state index contributed by atoms with van der Waals surface area (Å²) < 4.78 is 0. The Bertz CT molecular complexity index is 3020. The van der Waals surface area contributed by atoms with Gasteiger partial charge in [0.05, 0.1) is 0 Å². The smallest absolute Gasteiger partial charge is 0.0462 e. The van der Waals surface area contributed by atoms with Crippen molar-refractivity contribution in [3.05, 3.63) is 230 Å². The minimum Gasteiger partial charge on any atom is -0.311 e. The van der Waals surface area contributed by atoms with Crippen LogP contribution in [0.4, 0.5) is 34.1 Å². The van der Waals surface area contributed by atoms with E-state index in [-0.39, 0.29) is 0 Å². The highest BCUT2D eigenvalue weighted by Crippen LogP contribution is 2.67. The second-order valence-corrected chi connectivity index (χ2v) is 22.1. The number of benzene rings is 8. The van der Waals surface area contributed by atoms with Gasteiger partial charge in [-0.1, -0.05) is 179 Å². The molecule has 13 rings (SSSR count). The summed E-state index contributed by atoms with van der Waals surface area (Å²) in [5, 5.41) is 0. The first-order chi connectivity index (χ1) is 34.9. The average Bonchev–Trinajstić information content (AvgIpc) is 4.16. The lowest BCUT2D eigenvalue weighted by molar-refractivity contribution is 0.155. The lowest BCUT2D eigenvalue weighted by Gasteiger charge is -2.36. The maximum atomic E-state index is 2.63. The summed E-state index contributed by atoms with van der Waals surface area (Å²) in [6.07, 6.45) is 10.6. The van der Waals surface area contributed by atoms with Crippen molar-refractivity contribution in [2.24, 2.45) is 46.8 Å². The van der Waals surface area contributed by atoms with Gasteiger partial charge in [0.1, 0.15) is 0 Å². The van der Waals surface area contributed by atoms with Crippen LogP contribution in [0, 0.1) is 46.8 Å². The monoisotopic (exact) mass is 925 g/mol. The van der Waals surface area contributed by atoms with Crippen LogP contribution >= 0.6 is 0 Å². The zero-order chi connectivity index (χ0) is 47.9. The quantitative estimate of drug-likeness (QED) is 0.113. The Balaban J connectivity index is 1.04. The summed E-state index contributed by atoms with van der Waals surface area (Å²) in [7, 11) is 0. The van der Waals surface area contributed by atoms with Crippen LogP contribution in [-0.4, -0.2) is 0 Å². The minimum atomic E-state index is 0.401. The molecule has 5 saturated carbocycles. The molecular formula is C69H68N2.